The molecule has 21 heavy (non-hydrogen) atoms. The number of hydrogen-bond donors (Lipinski definition) is 1. The van der Waals surface area contributed by atoms with Crippen molar-refractivity contribution in [1.29, 1.82) is 0 Å². The van der Waals surface area contributed by atoms with Crippen LogP contribution < -0.4 is 5.32 Å². The molecule has 0 bridgehead atoms. The lowest BCUT2D eigenvalue weighted by molar-refractivity contribution is 0.589. The first-order chi connectivity index (χ1) is 10.2. The van der Waals surface area contributed by atoms with Gasteiger partial charge in [-0.2, -0.15) is 0 Å². The highest BCUT2D eigenvalue weighted by Crippen LogP contribution is 2.25. The summed E-state index contributed by atoms with van der Waals surface area (Å²) in [7, 11) is 2.05. The van der Waals surface area contributed by atoms with Gasteiger partial charge in [-0.1, -0.05) is 37.3 Å². The zero-order valence-corrected chi connectivity index (χ0v) is 14.3. The molecule has 1 N–H and O–H groups in total. The van der Waals surface area contributed by atoms with Crippen LogP contribution >= 0.6 is 11.8 Å². The van der Waals surface area contributed by atoms with Crippen molar-refractivity contribution in [1.82, 2.24) is 5.32 Å². The van der Waals surface area contributed by atoms with E-state index >= 15 is 0 Å². The maximum Gasteiger partial charge on any atom is 0.0358 e. The first kappa shape index (κ1) is 16.1. The SMILES string of the molecule is CCSc1ccc(C(Cc2c(C)cccc2C)NC)cc1. The second-order valence-electron chi connectivity index (χ2n) is 5.42. The molecular weight excluding hydrogens is 274 g/mol. The largest absolute Gasteiger partial charge is 0.313 e. The second-order valence-corrected chi connectivity index (χ2v) is 6.76. The molecule has 0 aliphatic carbocycles. The predicted molar refractivity (Wildman–Crippen MR) is 94.3 cm³/mol. The predicted octanol–water partition coefficient (Wildman–Crippen LogP) is 4.92. The van der Waals surface area contributed by atoms with Gasteiger partial charge < -0.3 is 5.32 Å². The van der Waals surface area contributed by atoms with E-state index in [0.29, 0.717) is 6.04 Å². The molecule has 1 nitrogen and oxygen atoms in total. The van der Waals surface area contributed by atoms with Crippen molar-refractivity contribution < 1.29 is 0 Å². The van der Waals surface area contributed by atoms with Crippen LogP contribution in [0, 0.1) is 13.8 Å². The van der Waals surface area contributed by atoms with E-state index < -0.39 is 0 Å². The van der Waals surface area contributed by atoms with E-state index in [9.17, 15) is 0 Å². The molecule has 2 aromatic carbocycles. The number of nitrogens with one attached hydrogen (secondary N) is 1. The van der Waals surface area contributed by atoms with E-state index in [1.807, 2.05) is 18.8 Å². The van der Waals surface area contributed by atoms with Gasteiger partial charge in [-0.15, -0.1) is 11.8 Å². The lowest BCUT2D eigenvalue weighted by Gasteiger charge is -2.20. The Morgan fingerprint density at radius 3 is 2.14 bits per heavy atom. The molecule has 0 heterocycles. The van der Waals surface area contributed by atoms with Crippen LogP contribution in [-0.4, -0.2) is 12.8 Å². The normalized spacial score (nSPS) is 12.4. The summed E-state index contributed by atoms with van der Waals surface area (Å²) < 4.78 is 0. The zero-order valence-electron chi connectivity index (χ0n) is 13.4. The molecule has 112 valence electrons. The van der Waals surface area contributed by atoms with Gasteiger partial charge in [0.15, 0.2) is 0 Å². The molecule has 0 radical (unpaired) electrons. The van der Waals surface area contributed by atoms with E-state index in [-0.39, 0.29) is 0 Å². The van der Waals surface area contributed by atoms with Crippen LogP contribution in [0.4, 0.5) is 0 Å². The van der Waals surface area contributed by atoms with Crippen molar-refractivity contribution in [2.75, 3.05) is 12.8 Å². The number of benzene rings is 2. The van der Waals surface area contributed by atoms with Crippen molar-refractivity contribution in [2.24, 2.45) is 0 Å². The van der Waals surface area contributed by atoms with E-state index in [0.717, 1.165) is 12.2 Å². The lowest BCUT2D eigenvalue weighted by atomic mass is 9.93. The topological polar surface area (TPSA) is 12.0 Å². The van der Waals surface area contributed by atoms with Gasteiger partial charge in [-0.25, -0.2) is 0 Å². The maximum absolute atomic E-state index is 3.47. The van der Waals surface area contributed by atoms with Gasteiger partial charge in [0.1, 0.15) is 0 Å². The van der Waals surface area contributed by atoms with Crippen LogP contribution in [0.25, 0.3) is 0 Å². The summed E-state index contributed by atoms with van der Waals surface area (Å²) in [6.45, 7) is 6.60. The summed E-state index contributed by atoms with van der Waals surface area (Å²) in [6, 6.07) is 15.9. The fourth-order valence-corrected chi connectivity index (χ4v) is 3.39. The molecule has 0 fully saturated rings. The summed E-state index contributed by atoms with van der Waals surface area (Å²) in [4.78, 5) is 1.35. The van der Waals surface area contributed by atoms with Gasteiger partial charge in [-0.3, -0.25) is 0 Å². The third-order valence-electron chi connectivity index (χ3n) is 3.99. The number of aryl methyl sites for hydroxylation is 2. The Balaban J connectivity index is 2.19. The highest BCUT2D eigenvalue weighted by atomic mass is 32.2. The van der Waals surface area contributed by atoms with E-state index in [1.54, 1.807) is 0 Å². The molecule has 2 rings (SSSR count). The van der Waals surface area contributed by atoms with Gasteiger partial charge in [0.2, 0.25) is 0 Å². The Kier molecular flexibility index (Phi) is 5.89. The number of thioether (sulfide) groups is 1. The maximum atomic E-state index is 3.47. The fourth-order valence-electron chi connectivity index (χ4n) is 2.72. The molecule has 0 aliphatic rings. The van der Waals surface area contributed by atoms with Gasteiger partial charge in [0.05, 0.1) is 0 Å². The number of rotatable bonds is 6. The molecule has 2 aromatic rings. The zero-order chi connectivity index (χ0) is 15.2. The average molecular weight is 299 g/mol. The Bertz CT molecular complexity index is 554. The summed E-state index contributed by atoms with van der Waals surface area (Å²) in [5.74, 6) is 1.12. The Hall–Kier alpha value is -1.25. The van der Waals surface area contributed by atoms with Crippen LogP contribution in [0.1, 0.15) is 35.2 Å². The molecule has 0 saturated heterocycles. The minimum absolute atomic E-state index is 0.366. The second kappa shape index (κ2) is 7.67. The van der Waals surface area contributed by atoms with Gasteiger partial charge in [0.25, 0.3) is 0 Å². The number of likely N-dealkylation sites (N-methyl/N-ethyl adjacent to an activating group) is 1. The Morgan fingerprint density at radius 2 is 1.62 bits per heavy atom. The minimum atomic E-state index is 0.366. The van der Waals surface area contributed by atoms with Crippen molar-refractivity contribution in [3.63, 3.8) is 0 Å². The highest BCUT2D eigenvalue weighted by molar-refractivity contribution is 7.99. The third-order valence-corrected chi connectivity index (χ3v) is 4.89. The fraction of sp³-hybridized carbons (Fsp3) is 0.368. The Labute approximate surface area is 133 Å². The lowest BCUT2D eigenvalue weighted by Crippen LogP contribution is -2.19. The molecule has 0 spiro atoms. The van der Waals surface area contributed by atoms with Gasteiger partial charge in [-0.05, 0) is 67.5 Å². The van der Waals surface area contributed by atoms with Crippen LogP contribution in [0.3, 0.4) is 0 Å². The molecule has 2 heteroatoms. The van der Waals surface area contributed by atoms with Crippen molar-refractivity contribution in [3.05, 3.63) is 64.7 Å². The standard InChI is InChI=1S/C19H25NS/c1-5-21-17-11-9-16(10-12-17)19(20-4)13-18-14(2)7-6-8-15(18)3/h6-12,19-20H,5,13H2,1-4H3. The minimum Gasteiger partial charge on any atom is -0.313 e. The average Bonchev–Trinajstić information content (AvgIpc) is 2.49. The quantitative estimate of drug-likeness (QED) is 0.760. The molecule has 0 amide bonds. The van der Waals surface area contributed by atoms with Gasteiger partial charge >= 0.3 is 0 Å². The molecule has 0 aliphatic heterocycles. The van der Waals surface area contributed by atoms with Crippen LogP contribution in [0.15, 0.2) is 47.4 Å². The molecule has 0 saturated carbocycles. The highest BCUT2D eigenvalue weighted by Gasteiger charge is 2.13. The van der Waals surface area contributed by atoms with E-state index in [1.165, 1.54) is 27.1 Å². The van der Waals surface area contributed by atoms with Crippen molar-refractivity contribution in [3.8, 4) is 0 Å². The molecule has 1 atom stereocenters. The molecule has 1 unspecified atom stereocenters. The summed E-state index contributed by atoms with van der Waals surface area (Å²) >= 11 is 1.89. The van der Waals surface area contributed by atoms with Crippen molar-refractivity contribution in [2.45, 2.75) is 38.1 Å². The Morgan fingerprint density at radius 1 is 1.00 bits per heavy atom. The van der Waals surface area contributed by atoms with Gasteiger partial charge in [0, 0.05) is 10.9 Å². The molecule has 0 aromatic heterocycles. The van der Waals surface area contributed by atoms with E-state index in [2.05, 4.69) is 68.6 Å². The monoisotopic (exact) mass is 299 g/mol. The smallest absolute Gasteiger partial charge is 0.0358 e. The first-order valence-electron chi connectivity index (χ1n) is 7.60. The van der Waals surface area contributed by atoms with Crippen LogP contribution in [-0.2, 0) is 6.42 Å². The third kappa shape index (κ3) is 4.12. The van der Waals surface area contributed by atoms with Crippen molar-refractivity contribution >= 4 is 11.8 Å². The summed E-state index contributed by atoms with van der Waals surface area (Å²) in [5.41, 5.74) is 5.59. The van der Waals surface area contributed by atoms with Crippen LogP contribution in [0.5, 0.6) is 0 Å². The molecular formula is C19H25NS. The number of hydrogen-bond acceptors (Lipinski definition) is 2. The summed E-state index contributed by atoms with van der Waals surface area (Å²) in [5, 5.41) is 3.47. The first-order valence-corrected chi connectivity index (χ1v) is 8.59. The van der Waals surface area contributed by atoms with E-state index in [4.69, 9.17) is 0 Å². The van der Waals surface area contributed by atoms with Crippen LogP contribution in [0.2, 0.25) is 0 Å². The summed E-state index contributed by atoms with van der Waals surface area (Å²) in [6.07, 6.45) is 1.04.